The van der Waals surface area contributed by atoms with Crippen LogP contribution in [0, 0.1) is 29.1 Å². The maximum atomic E-state index is 8.99. The molecule has 68 valence electrons. The van der Waals surface area contributed by atoms with E-state index in [1.807, 2.05) is 11.8 Å². The molecule has 2 atom stereocenters. The zero-order valence-electron chi connectivity index (χ0n) is 7.92. The van der Waals surface area contributed by atoms with Crippen LogP contribution in [0.25, 0.3) is 0 Å². The Balaban J connectivity index is 2.47. The van der Waals surface area contributed by atoms with Crippen LogP contribution in [-0.4, -0.2) is 11.5 Å². The third-order valence-electron chi connectivity index (χ3n) is 2.57. The Morgan fingerprint density at radius 3 is 2.67 bits per heavy atom. The molecule has 0 aromatic carbocycles. The van der Waals surface area contributed by atoms with E-state index in [0.29, 0.717) is 11.8 Å². The summed E-state index contributed by atoms with van der Waals surface area (Å²) in [6.45, 7) is 4.32. The van der Waals surface area contributed by atoms with Gasteiger partial charge in [0.1, 0.15) is 0 Å². The van der Waals surface area contributed by atoms with Crippen molar-refractivity contribution < 1.29 is 0 Å². The fourth-order valence-electron chi connectivity index (χ4n) is 1.85. The molecule has 1 saturated heterocycles. The molecule has 1 fully saturated rings. The van der Waals surface area contributed by atoms with Crippen molar-refractivity contribution in [3.05, 3.63) is 0 Å². The molecule has 1 nitrogen and oxygen atoms in total. The second-order valence-corrected chi connectivity index (χ2v) is 5.03. The Kier molecular flexibility index (Phi) is 3.94. The minimum absolute atomic E-state index is 0.290. The molecule has 0 aromatic heterocycles. The van der Waals surface area contributed by atoms with Crippen LogP contribution in [-0.2, 0) is 0 Å². The fraction of sp³-hybridized carbons (Fsp3) is 0.900. The van der Waals surface area contributed by atoms with Gasteiger partial charge in [-0.25, -0.2) is 0 Å². The first-order chi connectivity index (χ1) is 5.75. The number of nitriles is 1. The lowest BCUT2D eigenvalue weighted by atomic mass is 9.83. The molecule has 0 bridgehead atoms. The lowest BCUT2D eigenvalue weighted by Gasteiger charge is -2.27. The van der Waals surface area contributed by atoms with Crippen molar-refractivity contribution in [2.24, 2.45) is 17.8 Å². The number of thioether (sulfide) groups is 1. The van der Waals surface area contributed by atoms with Crippen LogP contribution in [0.3, 0.4) is 0 Å². The highest BCUT2D eigenvalue weighted by molar-refractivity contribution is 7.99. The molecule has 0 aliphatic carbocycles. The Labute approximate surface area is 79.5 Å². The van der Waals surface area contributed by atoms with Crippen molar-refractivity contribution in [3.8, 4) is 6.07 Å². The van der Waals surface area contributed by atoms with Gasteiger partial charge in [0.15, 0.2) is 0 Å². The smallest absolute Gasteiger partial charge is 0.0661 e. The van der Waals surface area contributed by atoms with Gasteiger partial charge in [-0.3, -0.25) is 0 Å². The van der Waals surface area contributed by atoms with Gasteiger partial charge in [0.2, 0.25) is 0 Å². The average molecular weight is 183 g/mol. The van der Waals surface area contributed by atoms with Crippen LogP contribution < -0.4 is 0 Å². The van der Waals surface area contributed by atoms with E-state index in [-0.39, 0.29) is 5.92 Å². The van der Waals surface area contributed by atoms with Gasteiger partial charge in [-0.1, -0.05) is 13.8 Å². The second kappa shape index (κ2) is 4.77. The van der Waals surface area contributed by atoms with Gasteiger partial charge in [-0.2, -0.15) is 17.0 Å². The van der Waals surface area contributed by atoms with Crippen LogP contribution >= 0.6 is 11.8 Å². The van der Waals surface area contributed by atoms with Crippen LogP contribution in [0.5, 0.6) is 0 Å². The van der Waals surface area contributed by atoms with Crippen LogP contribution in [0.2, 0.25) is 0 Å². The maximum absolute atomic E-state index is 8.99. The summed E-state index contributed by atoms with van der Waals surface area (Å²) in [5, 5.41) is 8.99. The Hall–Kier alpha value is -0.160. The fourth-order valence-corrected chi connectivity index (χ4v) is 3.06. The standard InChI is InChI=1S/C10H17NS/c1-8(2)10(6-11)9-4-3-5-12-7-9/h8-10H,3-5,7H2,1-2H3. The van der Waals surface area contributed by atoms with E-state index < -0.39 is 0 Å². The highest BCUT2D eigenvalue weighted by atomic mass is 32.2. The summed E-state index contributed by atoms with van der Waals surface area (Å²) in [6, 6.07) is 2.46. The highest BCUT2D eigenvalue weighted by Gasteiger charge is 2.25. The second-order valence-electron chi connectivity index (χ2n) is 3.88. The zero-order chi connectivity index (χ0) is 8.97. The third-order valence-corrected chi connectivity index (χ3v) is 3.81. The first-order valence-electron chi connectivity index (χ1n) is 4.73. The molecule has 1 aliphatic heterocycles. The minimum atomic E-state index is 0.290. The number of rotatable bonds is 2. The number of hydrogen-bond donors (Lipinski definition) is 0. The molecule has 1 heterocycles. The summed E-state index contributed by atoms with van der Waals surface area (Å²) >= 11 is 2.01. The van der Waals surface area contributed by atoms with E-state index in [2.05, 4.69) is 19.9 Å². The topological polar surface area (TPSA) is 23.8 Å². The summed E-state index contributed by atoms with van der Waals surface area (Å²) in [4.78, 5) is 0. The normalized spacial score (nSPS) is 26.7. The van der Waals surface area contributed by atoms with Gasteiger partial charge in [0.05, 0.1) is 12.0 Å². The SMILES string of the molecule is CC(C)C(C#N)C1CCCSC1. The van der Waals surface area contributed by atoms with Crippen LogP contribution in [0.15, 0.2) is 0 Å². The summed E-state index contributed by atoms with van der Waals surface area (Å²) < 4.78 is 0. The summed E-state index contributed by atoms with van der Waals surface area (Å²) in [5.74, 6) is 3.98. The molecule has 0 aromatic rings. The molecule has 0 spiro atoms. The van der Waals surface area contributed by atoms with E-state index in [0.717, 1.165) is 0 Å². The van der Waals surface area contributed by atoms with E-state index in [1.165, 1.54) is 24.3 Å². The first kappa shape index (κ1) is 9.92. The van der Waals surface area contributed by atoms with E-state index in [9.17, 15) is 0 Å². The molecular weight excluding hydrogens is 166 g/mol. The molecule has 2 heteroatoms. The van der Waals surface area contributed by atoms with Gasteiger partial charge in [0.25, 0.3) is 0 Å². The third kappa shape index (κ3) is 2.42. The average Bonchev–Trinajstić information content (AvgIpc) is 2.07. The summed E-state index contributed by atoms with van der Waals surface area (Å²) in [7, 11) is 0. The van der Waals surface area contributed by atoms with Crippen LogP contribution in [0.1, 0.15) is 26.7 Å². The van der Waals surface area contributed by atoms with Gasteiger partial charge in [0, 0.05) is 0 Å². The molecular formula is C10H17NS. The van der Waals surface area contributed by atoms with Crippen molar-refractivity contribution in [1.82, 2.24) is 0 Å². The summed E-state index contributed by atoms with van der Waals surface area (Å²) in [6.07, 6.45) is 2.57. The predicted molar refractivity (Wildman–Crippen MR) is 54.0 cm³/mol. The predicted octanol–water partition coefficient (Wildman–Crippen LogP) is 2.93. The van der Waals surface area contributed by atoms with Crippen molar-refractivity contribution in [2.75, 3.05) is 11.5 Å². The van der Waals surface area contributed by atoms with E-state index >= 15 is 0 Å². The van der Waals surface area contributed by atoms with Crippen molar-refractivity contribution in [1.29, 1.82) is 5.26 Å². The van der Waals surface area contributed by atoms with Crippen molar-refractivity contribution in [2.45, 2.75) is 26.7 Å². The van der Waals surface area contributed by atoms with Gasteiger partial charge >= 0.3 is 0 Å². The minimum Gasteiger partial charge on any atom is -0.198 e. The van der Waals surface area contributed by atoms with E-state index in [4.69, 9.17) is 5.26 Å². The van der Waals surface area contributed by atoms with Gasteiger partial charge in [-0.15, -0.1) is 0 Å². The lowest BCUT2D eigenvalue weighted by molar-refractivity contribution is 0.324. The molecule has 0 radical (unpaired) electrons. The molecule has 2 unspecified atom stereocenters. The van der Waals surface area contributed by atoms with Gasteiger partial charge < -0.3 is 0 Å². The monoisotopic (exact) mass is 183 g/mol. The largest absolute Gasteiger partial charge is 0.198 e. The van der Waals surface area contributed by atoms with Crippen LogP contribution in [0.4, 0.5) is 0 Å². The Morgan fingerprint density at radius 1 is 1.50 bits per heavy atom. The highest BCUT2D eigenvalue weighted by Crippen LogP contribution is 2.31. The quantitative estimate of drug-likeness (QED) is 0.657. The molecule has 12 heavy (non-hydrogen) atoms. The molecule has 1 rings (SSSR count). The molecule has 0 saturated carbocycles. The zero-order valence-corrected chi connectivity index (χ0v) is 8.73. The molecule has 0 N–H and O–H groups in total. The number of hydrogen-bond acceptors (Lipinski definition) is 2. The lowest BCUT2D eigenvalue weighted by Crippen LogP contribution is -2.23. The van der Waals surface area contributed by atoms with Gasteiger partial charge in [-0.05, 0) is 36.2 Å². The Bertz CT molecular complexity index is 165. The first-order valence-corrected chi connectivity index (χ1v) is 5.88. The Morgan fingerprint density at radius 2 is 2.25 bits per heavy atom. The van der Waals surface area contributed by atoms with Crippen molar-refractivity contribution >= 4 is 11.8 Å². The van der Waals surface area contributed by atoms with Crippen molar-refractivity contribution in [3.63, 3.8) is 0 Å². The number of nitrogens with zero attached hydrogens (tertiary/aromatic N) is 1. The summed E-state index contributed by atoms with van der Waals surface area (Å²) in [5.41, 5.74) is 0. The maximum Gasteiger partial charge on any atom is 0.0661 e. The van der Waals surface area contributed by atoms with E-state index in [1.54, 1.807) is 0 Å². The molecule has 1 aliphatic rings. The molecule has 0 amide bonds.